The fraction of sp³-hybridized carbons (Fsp3) is 0.500. The zero-order valence-corrected chi connectivity index (χ0v) is 11.7. The Hall–Kier alpha value is -1.89. The Bertz CT molecular complexity index is 502. The average Bonchev–Trinajstić information content (AvgIpc) is 2.85. The molecule has 1 aromatic rings. The summed E-state index contributed by atoms with van der Waals surface area (Å²) in [4.78, 5) is 11.8. The molecule has 1 aliphatic carbocycles. The van der Waals surface area contributed by atoms with Crippen molar-refractivity contribution in [3.05, 3.63) is 23.8 Å². The highest BCUT2D eigenvalue weighted by molar-refractivity contribution is 5.89. The molecule has 1 aliphatic rings. The summed E-state index contributed by atoms with van der Waals surface area (Å²) < 4.78 is 31.6. The van der Waals surface area contributed by atoms with Crippen molar-refractivity contribution in [3.8, 4) is 5.75 Å². The van der Waals surface area contributed by atoms with Crippen LogP contribution in [-0.2, 0) is 0 Å². The molecule has 7 heteroatoms. The van der Waals surface area contributed by atoms with Crippen molar-refractivity contribution in [1.82, 2.24) is 5.32 Å². The predicted molar refractivity (Wildman–Crippen MR) is 73.3 cm³/mol. The van der Waals surface area contributed by atoms with E-state index >= 15 is 0 Å². The summed E-state index contributed by atoms with van der Waals surface area (Å²) in [6.45, 7) is 0.0107. The molecule has 2 rings (SSSR count). The van der Waals surface area contributed by atoms with E-state index in [-0.39, 0.29) is 24.3 Å². The van der Waals surface area contributed by atoms with Crippen LogP contribution in [0, 0.1) is 17.6 Å². The molecule has 0 radical (unpaired) electrons. The lowest BCUT2D eigenvalue weighted by Gasteiger charge is -2.19. The van der Waals surface area contributed by atoms with Gasteiger partial charge in [-0.2, -0.15) is 0 Å². The van der Waals surface area contributed by atoms with E-state index in [4.69, 9.17) is 0 Å². The van der Waals surface area contributed by atoms with Crippen LogP contribution in [0.5, 0.6) is 5.75 Å². The van der Waals surface area contributed by atoms with Crippen LogP contribution in [0.2, 0.25) is 0 Å². The molecule has 0 spiro atoms. The van der Waals surface area contributed by atoms with E-state index in [0.29, 0.717) is 0 Å². The molecule has 5 nitrogen and oxygen atoms in total. The number of ether oxygens (including phenoxy) is 1. The summed E-state index contributed by atoms with van der Waals surface area (Å²) >= 11 is 0. The molecule has 0 heterocycles. The van der Waals surface area contributed by atoms with Crippen LogP contribution in [0.25, 0.3) is 0 Å². The fourth-order valence-corrected chi connectivity index (χ4v) is 2.61. The molecule has 116 valence electrons. The van der Waals surface area contributed by atoms with Crippen LogP contribution >= 0.6 is 0 Å². The second kappa shape index (κ2) is 6.71. The van der Waals surface area contributed by atoms with Crippen LogP contribution in [0.3, 0.4) is 0 Å². The maximum Gasteiger partial charge on any atom is 0.319 e. The molecule has 1 fully saturated rings. The number of carbonyl (C=O) groups excluding carboxylic acids is 1. The zero-order valence-electron chi connectivity index (χ0n) is 11.7. The van der Waals surface area contributed by atoms with Crippen LogP contribution in [0.15, 0.2) is 12.1 Å². The number of carbonyl (C=O) groups is 1. The van der Waals surface area contributed by atoms with Crippen molar-refractivity contribution in [1.29, 1.82) is 0 Å². The Kier molecular flexibility index (Phi) is 4.95. The summed E-state index contributed by atoms with van der Waals surface area (Å²) in [6.07, 6.45) is 2.57. The van der Waals surface area contributed by atoms with E-state index < -0.39 is 23.4 Å². The number of hydrogen-bond acceptors (Lipinski definition) is 3. The van der Waals surface area contributed by atoms with Crippen LogP contribution in [0.1, 0.15) is 19.3 Å². The number of aliphatic hydroxyl groups is 1. The number of methoxy groups -OCH3 is 1. The van der Waals surface area contributed by atoms with Crippen LogP contribution in [0.4, 0.5) is 19.3 Å². The minimum absolute atomic E-state index is 0.00171. The Morgan fingerprint density at radius 3 is 2.62 bits per heavy atom. The van der Waals surface area contributed by atoms with Gasteiger partial charge in [0.05, 0.1) is 7.11 Å². The number of urea groups is 1. The standard InChI is InChI=1S/C14H18F2N2O3/c1-21-13-10(15)5-9(6-11(13)16)17-14(20)18-12-4-2-3-8(12)7-19/h5-6,8,12,19H,2-4,7H2,1H3,(H2,17,18,20)/t8-,12-/m0/s1. The number of amides is 2. The van der Waals surface area contributed by atoms with Gasteiger partial charge in [-0.1, -0.05) is 6.42 Å². The van der Waals surface area contributed by atoms with Gasteiger partial charge < -0.3 is 20.5 Å². The monoisotopic (exact) mass is 300 g/mol. The second-order valence-electron chi connectivity index (χ2n) is 5.05. The maximum absolute atomic E-state index is 13.5. The van der Waals surface area contributed by atoms with Gasteiger partial charge in [0, 0.05) is 36.4 Å². The van der Waals surface area contributed by atoms with Gasteiger partial charge in [0.15, 0.2) is 17.4 Å². The molecular formula is C14H18F2N2O3. The van der Waals surface area contributed by atoms with Gasteiger partial charge in [-0.15, -0.1) is 0 Å². The normalized spacial score (nSPS) is 21.1. The fourth-order valence-electron chi connectivity index (χ4n) is 2.61. The number of hydrogen-bond donors (Lipinski definition) is 3. The molecule has 2 atom stereocenters. The first-order valence-corrected chi connectivity index (χ1v) is 6.76. The SMILES string of the molecule is COc1c(F)cc(NC(=O)N[C@H]2CCC[C@H]2CO)cc1F. The van der Waals surface area contributed by atoms with Crippen molar-refractivity contribution in [3.63, 3.8) is 0 Å². The lowest BCUT2D eigenvalue weighted by Crippen LogP contribution is -2.41. The van der Waals surface area contributed by atoms with Crippen molar-refractivity contribution in [2.75, 3.05) is 19.0 Å². The maximum atomic E-state index is 13.5. The molecule has 1 aromatic carbocycles. The van der Waals surface area contributed by atoms with Gasteiger partial charge in [0.25, 0.3) is 0 Å². The second-order valence-corrected chi connectivity index (χ2v) is 5.05. The van der Waals surface area contributed by atoms with E-state index in [2.05, 4.69) is 15.4 Å². The molecule has 3 N–H and O–H groups in total. The number of halogens is 2. The number of rotatable bonds is 4. The Labute approximate surface area is 121 Å². The summed E-state index contributed by atoms with van der Waals surface area (Å²) in [6, 6.07) is 1.30. The van der Waals surface area contributed by atoms with Crippen molar-refractivity contribution in [2.45, 2.75) is 25.3 Å². The summed E-state index contributed by atoms with van der Waals surface area (Å²) in [5, 5.41) is 14.3. The predicted octanol–water partition coefficient (Wildman–Crippen LogP) is 2.26. The van der Waals surface area contributed by atoms with E-state index in [9.17, 15) is 18.7 Å². The molecule has 0 unspecified atom stereocenters. The molecular weight excluding hydrogens is 282 g/mol. The molecule has 21 heavy (non-hydrogen) atoms. The molecule has 0 saturated heterocycles. The van der Waals surface area contributed by atoms with Gasteiger partial charge in [-0.25, -0.2) is 13.6 Å². The smallest absolute Gasteiger partial charge is 0.319 e. The van der Waals surface area contributed by atoms with Crippen molar-refractivity contribution in [2.24, 2.45) is 5.92 Å². The highest BCUT2D eigenvalue weighted by atomic mass is 19.1. The van der Waals surface area contributed by atoms with Crippen LogP contribution in [-0.4, -0.2) is 30.9 Å². The van der Waals surface area contributed by atoms with Crippen molar-refractivity contribution < 1.29 is 23.4 Å². The zero-order chi connectivity index (χ0) is 15.4. The van der Waals surface area contributed by atoms with E-state index in [0.717, 1.165) is 38.5 Å². The molecule has 0 bridgehead atoms. The highest BCUT2D eigenvalue weighted by Crippen LogP contribution is 2.26. The molecule has 0 aromatic heterocycles. The quantitative estimate of drug-likeness (QED) is 0.799. The number of aliphatic hydroxyl groups excluding tert-OH is 1. The van der Waals surface area contributed by atoms with Crippen molar-refractivity contribution >= 4 is 11.7 Å². The first-order chi connectivity index (χ1) is 10.0. The molecule has 0 aliphatic heterocycles. The third-order valence-electron chi connectivity index (χ3n) is 3.67. The summed E-state index contributed by atoms with van der Waals surface area (Å²) in [7, 11) is 1.16. The Morgan fingerprint density at radius 2 is 2.05 bits per heavy atom. The third kappa shape index (κ3) is 3.60. The van der Waals surface area contributed by atoms with Gasteiger partial charge in [0.2, 0.25) is 0 Å². The van der Waals surface area contributed by atoms with E-state index in [1.165, 1.54) is 0 Å². The number of benzene rings is 1. The summed E-state index contributed by atoms with van der Waals surface area (Å²) in [5.41, 5.74) is 0.00171. The average molecular weight is 300 g/mol. The molecule has 1 saturated carbocycles. The lowest BCUT2D eigenvalue weighted by atomic mass is 10.1. The van der Waals surface area contributed by atoms with E-state index in [1.807, 2.05) is 0 Å². The molecule has 2 amide bonds. The lowest BCUT2D eigenvalue weighted by molar-refractivity contribution is 0.203. The number of nitrogens with one attached hydrogen (secondary N) is 2. The highest BCUT2D eigenvalue weighted by Gasteiger charge is 2.27. The third-order valence-corrected chi connectivity index (χ3v) is 3.67. The number of anilines is 1. The first kappa shape index (κ1) is 15.5. The van der Waals surface area contributed by atoms with Gasteiger partial charge >= 0.3 is 6.03 Å². The van der Waals surface area contributed by atoms with E-state index in [1.54, 1.807) is 0 Å². The Morgan fingerprint density at radius 1 is 1.38 bits per heavy atom. The summed E-state index contributed by atoms with van der Waals surface area (Å²) in [5.74, 6) is -2.24. The van der Waals surface area contributed by atoms with Gasteiger partial charge in [0.1, 0.15) is 0 Å². The minimum atomic E-state index is -0.887. The first-order valence-electron chi connectivity index (χ1n) is 6.76. The van der Waals surface area contributed by atoms with Gasteiger partial charge in [-0.05, 0) is 12.8 Å². The van der Waals surface area contributed by atoms with Crippen LogP contribution < -0.4 is 15.4 Å². The minimum Gasteiger partial charge on any atom is -0.491 e. The largest absolute Gasteiger partial charge is 0.491 e. The van der Waals surface area contributed by atoms with Gasteiger partial charge in [-0.3, -0.25) is 0 Å². The Balaban J connectivity index is 2.00. The topological polar surface area (TPSA) is 70.6 Å².